The van der Waals surface area contributed by atoms with Gasteiger partial charge >= 0.3 is 0 Å². The van der Waals surface area contributed by atoms with Crippen LogP contribution in [0.25, 0.3) is 0 Å². The zero-order valence-electron chi connectivity index (χ0n) is 15.1. The van der Waals surface area contributed by atoms with Gasteiger partial charge in [-0.2, -0.15) is 0 Å². The second kappa shape index (κ2) is 7.13. The summed E-state index contributed by atoms with van der Waals surface area (Å²) >= 11 is 0. The van der Waals surface area contributed by atoms with Crippen LogP contribution < -0.4 is 10.5 Å². The van der Waals surface area contributed by atoms with E-state index < -0.39 is 0 Å². The van der Waals surface area contributed by atoms with Gasteiger partial charge in [-0.25, -0.2) is 0 Å². The van der Waals surface area contributed by atoms with Crippen LogP contribution in [0.15, 0.2) is 40.8 Å². The average Bonchev–Trinajstić information content (AvgIpc) is 3.15. The lowest BCUT2D eigenvalue weighted by atomic mass is 10.0. The maximum Gasteiger partial charge on any atom is 0.236 e. The molecule has 2 unspecified atom stereocenters. The number of rotatable bonds is 3. The molecule has 1 saturated heterocycles. The summed E-state index contributed by atoms with van der Waals surface area (Å²) in [5, 5.41) is 0. The maximum absolute atomic E-state index is 12.8. The lowest BCUT2D eigenvalue weighted by molar-refractivity contribution is -0.131. The number of aryl methyl sites for hydroxylation is 1. The van der Waals surface area contributed by atoms with E-state index in [2.05, 4.69) is 11.0 Å². The van der Waals surface area contributed by atoms with Gasteiger partial charge in [0.25, 0.3) is 0 Å². The minimum Gasteiger partial charge on any atom is -0.492 e. The van der Waals surface area contributed by atoms with Crippen LogP contribution in [0.3, 0.4) is 0 Å². The first-order valence-electron chi connectivity index (χ1n) is 9.13. The van der Waals surface area contributed by atoms with Crippen molar-refractivity contribution in [2.75, 3.05) is 32.8 Å². The molecule has 0 spiro atoms. The second-order valence-corrected chi connectivity index (χ2v) is 7.18. The van der Waals surface area contributed by atoms with Crippen molar-refractivity contribution in [2.45, 2.75) is 25.4 Å². The van der Waals surface area contributed by atoms with Crippen LogP contribution in [0.4, 0.5) is 0 Å². The molecule has 6 heteroatoms. The highest BCUT2D eigenvalue weighted by molar-refractivity contribution is 5.79. The van der Waals surface area contributed by atoms with Gasteiger partial charge in [0.1, 0.15) is 23.9 Å². The van der Waals surface area contributed by atoms with Gasteiger partial charge < -0.3 is 19.8 Å². The summed E-state index contributed by atoms with van der Waals surface area (Å²) in [5.41, 5.74) is 7.41. The van der Waals surface area contributed by atoms with Crippen molar-refractivity contribution in [3.8, 4) is 5.75 Å². The predicted octanol–water partition coefficient (Wildman–Crippen LogP) is 1.74. The van der Waals surface area contributed by atoms with Crippen LogP contribution in [-0.2, 0) is 11.3 Å². The molecule has 3 heterocycles. The van der Waals surface area contributed by atoms with Gasteiger partial charge in [-0.1, -0.05) is 18.2 Å². The van der Waals surface area contributed by atoms with E-state index in [1.165, 1.54) is 0 Å². The van der Waals surface area contributed by atoms with Gasteiger partial charge in [-0.05, 0) is 25.1 Å². The molecular weight excluding hydrogens is 330 g/mol. The molecule has 6 nitrogen and oxygen atoms in total. The highest BCUT2D eigenvalue weighted by atomic mass is 16.5. The fraction of sp³-hybridized carbons (Fsp3) is 0.450. The molecule has 0 saturated carbocycles. The fourth-order valence-corrected chi connectivity index (χ4v) is 3.79. The summed E-state index contributed by atoms with van der Waals surface area (Å²) in [6, 6.07) is 11.8. The van der Waals surface area contributed by atoms with Crippen molar-refractivity contribution < 1.29 is 13.9 Å². The zero-order valence-corrected chi connectivity index (χ0v) is 15.1. The van der Waals surface area contributed by atoms with Crippen molar-refractivity contribution in [3.63, 3.8) is 0 Å². The molecule has 1 aromatic carbocycles. The number of amides is 1. The molecule has 4 rings (SSSR count). The molecule has 2 N–H and O–H groups in total. The zero-order chi connectivity index (χ0) is 18.1. The average molecular weight is 355 g/mol. The SMILES string of the molecule is Cc1ccc(C2CN(C(=O)CN3CCOc4ccccc4C3)CC2N)o1. The summed E-state index contributed by atoms with van der Waals surface area (Å²) in [4.78, 5) is 16.8. The molecule has 26 heavy (non-hydrogen) atoms. The van der Waals surface area contributed by atoms with Gasteiger partial charge in [0.15, 0.2) is 0 Å². The van der Waals surface area contributed by atoms with Crippen LogP contribution in [-0.4, -0.2) is 54.5 Å². The van der Waals surface area contributed by atoms with Gasteiger partial charge in [-0.3, -0.25) is 9.69 Å². The Morgan fingerprint density at radius 3 is 2.88 bits per heavy atom. The van der Waals surface area contributed by atoms with Gasteiger partial charge in [-0.15, -0.1) is 0 Å². The smallest absolute Gasteiger partial charge is 0.236 e. The summed E-state index contributed by atoms with van der Waals surface area (Å²) in [7, 11) is 0. The number of hydrogen-bond donors (Lipinski definition) is 1. The lowest BCUT2D eigenvalue weighted by Crippen LogP contribution is -2.40. The first-order valence-corrected chi connectivity index (χ1v) is 9.13. The molecule has 0 aliphatic carbocycles. The number of nitrogens with two attached hydrogens (primary N) is 1. The number of hydrogen-bond acceptors (Lipinski definition) is 5. The van der Waals surface area contributed by atoms with Crippen molar-refractivity contribution in [1.82, 2.24) is 9.80 Å². The van der Waals surface area contributed by atoms with Crippen molar-refractivity contribution in [1.29, 1.82) is 0 Å². The number of carbonyl (C=O) groups excluding carboxylic acids is 1. The number of para-hydroxylation sites is 1. The molecule has 138 valence electrons. The fourth-order valence-electron chi connectivity index (χ4n) is 3.79. The van der Waals surface area contributed by atoms with Gasteiger partial charge in [0.05, 0.1) is 12.5 Å². The highest BCUT2D eigenvalue weighted by Gasteiger charge is 2.36. The molecule has 2 aromatic rings. The number of likely N-dealkylation sites (tertiary alicyclic amines) is 1. The molecule has 1 fully saturated rings. The normalized spacial score (nSPS) is 23.4. The molecule has 2 aliphatic rings. The highest BCUT2D eigenvalue weighted by Crippen LogP contribution is 2.28. The van der Waals surface area contributed by atoms with E-state index >= 15 is 0 Å². The standard InChI is InChI=1S/C20H25N3O3/c1-14-6-7-19(26-14)16-11-23(12-17(16)21)20(24)13-22-8-9-25-18-5-3-2-4-15(18)10-22/h2-7,16-17H,8-13,21H2,1H3. The molecule has 1 amide bonds. The first-order chi connectivity index (χ1) is 12.6. The third-order valence-electron chi connectivity index (χ3n) is 5.23. The number of benzene rings is 1. The number of nitrogens with zero attached hydrogens (tertiary/aromatic N) is 2. The minimum atomic E-state index is -0.0855. The van der Waals surface area contributed by atoms with E-state index in [4.69, 9.17) is 14.9 Å². The van der Waals surface area contributed by atoms with Crippen LogP contribution in [0.5, 0.6) is 5.75 Å². The second-order valence-electron chi connectivity index (χ2n) is 7.18. The molecule has 0 bridgehead atoms. The van der Waals surface area contributed by atoms with E-state index in [-0.39, 0.29) is 17.9 Å². The third-order valence-corrected chi connectivity index (χ3v) is 5.23. The topological polar surface area (TPSA) is 71.9 Å². The Balaban J connectivity index is 1.39. The first kappa shape index (κ1) is 17.1. The van der Waals surface area contributed by atoms with Crippen LogP contribution in [0, 0.1) is 6.92 Å². The van der Waals surface area contributed by atoms with Crippen LogP contribution in [0.1, 0.15) is 23.0 Å². The minimum absolute atomic E-state index is 0.0702. The molecule has 2 aliphatic heterocycles. The lowest BCUT2D eigenvalue weighted by Gasteiger charge is -2.23. The van der Waals surface area contributed by atoms with Gasteiger partial charge in [0.2, 0.25) is 5.91 Å². The summed E-state index contributed by atoms with van der Waals surface area (Å²) < 4.78 is 11.5. The third kappa shape index (κ3) is 3.48. The Morgan fingerprint density at radius 2 is 2.08 bits per heavy atom. The van der Waals surface area contributed by atoms with Crippen molar-refractivity contribution in [3.05, 3.63) is 53.5 Å². The molecule has 0 radical (unpaired) electrons. The van der Waals surface area contributed by atoms with E-state index in [1.807, 2.05) is 42.2 Å². The summed E-state index contributed by atoms with van der Waals surface area (Å²) in [6.45, 7) is 5.56. The Kier molecular flexibility index (Phi) is 4.70. The van der Waals surface area contributed by atoms with Crippen LogP contribution >= 0.6 is 0 Å². The summed E-state index contributed by atoms with van der Waals surface area (Å²) in [6.07, 6.45) is 0. The van der Waals surface area contributed by atoms with Crippen molar-refractivity contribution >= 4 is 5.91 Å². The Labute approximate surface area is 153 Å². The Hall–Kier alpha value is -2.31. The quantitative estimate of drug-likeness (QED) is 0.908. The largest absolute Gasteiger partial charge is 0.492 e. The van der Waals surface area contributed by atoms with E-state index in [9.17, 15) is 4.79 Å². The van der Waals surface area contributed by atoms with Crippen LogP contribution in [0.2, 0.25) is 0 Å². The number of carbonyl (C=O) groups is 1. The predicted molar refractivity (Wildman–Crippen MR) is 98.0 cm³/mol. The molecular formula is C20H25N3O3. The Morgan fingerprint density at radius 1 is 1.23 bits per heavy atom. The maximum atomic E-state index is 12.8. The van der Waals surface area contributed by atoms with Crippen molar-refractivity contribution in [2.24, 2.45) is 5.73 Å². The Bertz CT molecular complexity index is 788. The van der Waals surface area contributed by atoms with Gasteiger partial charge in [0, 0.05) is 37.8 Å². The number of fused-ring (bicyclic) bond motifs is 1. The van der Waals surface area contributed by atoms with E-state index in [1.54, 1.807) is 0 Å². The number of furan rings is 1. The van der Waals surface area contributed by atoms with E-state index in [0.717, 1.165) is 35.9 Å². The summed E-state index contributed by atoms with van der Waals surface area (Å²) in [5.74, 6) is 2.85. The number of ether oxygens (including phenoxy) is 1. The molecule has 1 aromatic heterocycles. The monoisotopic (exact) mass is 355 g/mol. The van der Waals surface area contributed by atoms with E-state index in [0.29, 0.717) is 26.2 Å². The molecule has 2 atom stereocenters.